The van der Waals surface area contributed by atoms with Crippen molar-refractivity contribution in [1.82, 2.24) is 9.88 Å². The zero-order valence-corrected chi connectivity index (χ0v) is 17.1. The fraction of sp³-hybridized carbons (Fsp3) is 0.417. The molecule has 2 aromatic rings. The zero-order valence-electron chi connectivity index (χ0n) is 17.1. The number of nitrogens with zero attached hydrogens (tertiary/aromatic N) is 3. The number of allylic oxidation sites excluding steroid dienone is 2. The van der Waals surface area contributed by atoms with Gasteiger partial charge >= 0.3 is 0 Å². The van der Waals surface area contributed by atoms with Crippen molar-refractivity contribution in [2.24, 2.45) is 0 Å². The maximum atomic E-state index is 12.4. The first-order valence-corrected chi connectivity index (χ1v) is 10.7. The highest BCUT2D eigenvalue weighted by Gasteiger charge is 2.44. The van der Waals surface area contributed by atoms with Crippen LogP contribution in [0.4, 0.5) is 5.69 Å². The van der Waals surface area contributed by atoms with Crippen LogP contribution >= 0.6 is 0 Å². The van der Waals surface area contributed by atoms with Gasteiger partial charge in [-0.15, -0.1) is 0 Å². The Bertz CT molecular complexity index is 986. The van der Waals surface area contributed by atoms with Crippen molar-refractivity contribution in [2.75, 3.05) is 31.1 Å². The molecule has 2 atom stereocenters. The van der Waals surface area contributed by atoms with Gasteiger partial charge in [-0.05, 0) is 48.8 Å². The summed E-state index contributed by atoms with van der Waals surface area (Å²) in [6.45, 7) is 8.58. The Labute approximate surface area is 171 Å². The van der Waals surface area contributed by atoms with Gasteiger partial charge in [0.15, 0.2) is 5.78 Å². The average molecular weight is 389 g/mol. The van der Waals surface area contributed by atoms with Crippen molar-refractivity contribution in [2.45, 2.75) is 38.6 Å². The van der Waals surface area contributed by atoms with Gasteiger partial charge in [0, 0.05) is 42.3 Å². The van der Waals surface area contributed by atoms with Crippen molar-refractivity contribution in [3.8, 4) is 11.5 Å². The van der Waals surface area contributed by atoms with E-state index >= 15 is 0 Å². The maximum absolute atomic E-state index is 12.4. The SMILES string of the molecule is CCN(CC)CCN1c2ccc(-c3ncco3)cc2C2C3=C(C=CC21)C(=O)CC3. The topological polar surface area (TPSA) is 49.6 Å². The van der Waals surface area contributed by atoms with E-state index in [1.54, 1.807) is 12.5 Å². The third kappa shape index (κ3) is 2.96. The van der Waals surface area contributed by atoms with E-state index in [4.69, 9.17) is 4.42 Å². The average Bonchev–Trinajstić information content (AvgIpc) is 3.47. The molecule has 5 rings (SSSR count). The number of oxazole rings is 1. The normalized spacial score (nSPS) is 22.4. The summed E-state index contributed by atoms with van der Waals surface area (Å²) in [4.78, 5) is 21.7. The van der Waals surface area contributed by atoms with Crippen LogP contribution in [0, 0.1) is 0 Å². The van der Waals surface area contributed by atoms with E-state index in [2.05, 4.69) is 59.0 Å². The summed E-state index contributed by atoms with van der Waals surface area (Å²) in [6.07, 6.45) is 9.15. The standard InChI is InChI=1S/C24H27N3O2/c1-3-26(4-2)12-13-27-20-8-5-16(24-25-11-14-29-24)15-19(20)23-18-7-10-22(28)17(18)6-9-21(23)27/h5-6,8-9,11,14-15,21,23H,3-4,7,10,12-13H2,1-2H3. The molecule has 0 bridgehead atoms. The molecule has 2 aliphatic carbocycles. The molecule has 5 nitrogen and oxygen atoms in total. The molecule has 0 radical (unpaired) electrons. The Hall–Kier alpha value is -2.66. The fourth-order valence-electron chi connectivity index (χ4n) is 5.17. The maximum Gasteiger partial charge on any atom is 0.225 e. The molecule has 0 saturated heterocycles. The van der Waals surface area contributed by atoms with Crippen LogP contribution in [0.25, 0.3) is 11.5 Å². The first-order valence-electron chi connectivity index (χ1n) is 10.7. The number of benzene rings is 1. The number of rotatable bonds is 6. The van der Waals surface area contributed by atoms with E-state index in [1.807, 2.05) is 0 Å². The Balaban J connectivity index is 1.56. The number of carbonyl (C=O) groups excluding carboxylic acids is 1. The van der Waals surface area contributed by atoms with Crippen LogP contribution in [-0.2, 0) is 4.79 Å². The second kappa shape index (κ2) is 7.30. The van der Waals surface area contributed by atoms with Gasteiger partial charge < -0.3 is 14.2 Å². The van der Waals surface area contributed by atoms with Crippen LogP contribution in [0.15, 0.2) is 58.4 Å². The lowest BCUT2D eigenvalue weighted by Gasteiger charge is -2.32. The molecule has 5 heteroatoms. The third-order valence-electron chi connectivity index (χ3n) is 6.71. The van der Waals surface area contributed by atoms with Crippen LogP contribution in [0.5, 0.6) is 0 Å². The minimum atomic E-state index is 0.253. The lowest BCUT2D eigenvalue weighted by atomic mass is 9.81. The number of Topliss-reactive ketones (excluding diaryl/α,β-unsaturated/α-hetero) is 1. The van der Waals surface area contributed by atoms with Crippen LogP contribution in [0.2, 0.25) is 0 Å². The van der Waals surface area contributed by atoms with Gasteiger partial charge in [0.25, 0.3) is 0 Å². The van der Waals surface area contributed by atoms with E-state index in [9.17, 15) is 4.79 Å². The Morgan fingerprint density at radius 3 is 2.86 bits per heavy atom. The molecular weight excluding hydrogens is 362 g/mol. The molecule has 2 heterocycles. The molecule has 0 N–H and O–H groups in total. The monoisotopic (exact) mass is 389 g/mol. The minimum absolute atomic E-state index is 0.253. The molecule has 2 unspecified atom stereocenters. The zero-order chi connectivity index (χ0) is 20.0. The summed E-state index contributed by atoms with van der Waals surface area (Å²) in [5.74, 6) is 1.19. The highest BCUT2D eigenvalue weighted by atomic mass is 16.3. The Kier molecular flexibility index (Phi) is 4.63. The number of likely N-dealkylation sites (N-methyl/N-ethyl adjacent to an activating group) is 1. The van der Waals surface area contributed by atoms with E-state index in [0.29, 0.717) is 18.1 Å². The number of aromatic nitrogens is 1. The molecule has 0 saturated carbocycles. The van der Waals surface area contributed by atoms with Crippen LogP contribution in [0.1, 0.15) is 38.2 Å². The number of hydrogen-bond donors (Lipinski definition) is 0. The lowest BCUT2D eigenvalue weighted by molar-refractivity contribution is -0.114. The van der Waals surface area contributed by atoms with Crippen LogP contribution < -0.4 is 4.90 Å². The number of fused-ring (bicyclic) bond motifs is 4. The van der Waals surface area contributed by atoms with E-state index in [1.165, 1.54) is 16.8 Å². The molecule has 1 aliphatic heterocycles. The number of ketones is 1. The summed E-state index contributed by atoms with van der Waals surface area (Å²) >= 11 is 0. The molecule has 0 spiro atoms. The third-order valence-corrected chi connectivity index (χ3v) is 6.71. The fourth-order valence-corrected chi connectivity index (χ4v) is 5.17. The van der Waals surface area contributed by atoms with Gasteiger partial charge in [-0.25, -0.2) is 4.98 Å². The second-order valence-corrected chi connectivity index (χ2v) is 8.02. The molecule has 3 aliphatic rings. The summed E-state index contributed by atoms with van der Waals surface area (Å²) < 4.78 is 5.54. The van der Waals surface area contributed by atoms with Gasteiger partial charge in [-0.2, -0.15) is 0 Å². The van der Waals surface area contributed by atoms with Crippen molar-refractivity contribution in [1.29, 1.82) is 0 Å². The van der Waals surface area contributed by atoms with Gasteiger partial charge in [0.1, 0.15) is 6.26 Å². The number of carbonyl (C=O) groups is 1. The molecule has 150 valence electrons. The van der Waals surface area contributed by atoms with Gasteiger partial charge in [-0.1, -0.05) is 26.0 Å². The van der Waals surface area contributed by atoms with Gasteiger partial charge in [-0.3, -0.25) is 4.79 Å². The second-order valence-electron chi connectivity index (χ2n) is 8.02. The predicted molar refractivity (Wildman–Crippen MR) is 114 cm³/mol. The molecule has 29 heavy (non-hydrogen) atoms. The van der Waals surface area contributed by atoms with Crippen LogP contribution in [0.3, 0.4) is 0 Å². The Morgan fingerprint density at radius 1 is 1.24 bits per heavy atom. The minimum Gasteiger partial charge on any atom is -0.445 e. The number of hydrogen-bond acceptors (Lipinski definition) is 5. The van der Waals surface area contributed by atoms with Gasteiger partial charge in [0.2, 0.25) is 5.89 Å². The molecule has 1 aromatic heterocycles. The number of anilines is 1. The quantitative estimate of drug-likeness (QED) is 0.742. The van der Waals surface area contributed by atoms with Crippen molar-refractivity contribution in [3.63, 3.8) is 0 Å². The van der Waals surface area contributed by atoms with Gasteiger partial charge in [0.05, 0.1) is 12.2 Å². The smallest absolute Gasteiger partial charge is 0.225 e. The highest BCUT2D eigenvalue weighted by molar-refractivity contribution is 6.02. The first-order chi connectivity index (χ1) is 14.2. The summed E-state index contributed by atoms with van der Waals surface area (Å²) in [7, 11) is 0. The Morgan fingerprint density at radius 2 is 2.10 bits per heavy atom. The summed E-state index contributed by atoms with van der Waals surface area (Å²) in [5.41, 5.74) is 5.85. The van der Waals surface area contributed by atoms with Crippen molar-refractivity contribution in [3.05, 3.63) is 59.5 Å². The largest absolute Gasteiger partial charge is 0.445 e. The van der Waals surface area contributed by atoms with E-state index in [0.717, 1.165) is 43.7 Å². The molecule has 0 fully saturated rings. The highest BCUT2D eigenvalue weighted by Crippen LogP contribution is 2.51. The lowest BCUT2D eigenvalue weighted by Crippen LogP contribution is -2.40. The summed E-state index contributed by atoms with van der Waals surface area (Å²) in [6, 6.07) is 6.82. The van der Waals surface area contributed by atoms with Crippen LogP contribution in [-0.4, -0.2) is 47.9 Å². The molecular formula is C24H27N3O2. The van der Waals surface area contributed by atoms with Crippen molar-refractivity contribution < 1.29 is 9.21 Å². The van der Waals surface area contributed by atoms with E-state index in [-0.39, 0.29) is 12.0 Å². The summed E-state index contributed by atoms with van der Waals surface area (Å²) in [5, 5.41) is 0. The first kappa shape index (κ1) is 18.4. The van der Waals surface area contributed by atoms with E-state index < -0.39 is 0 Å². The molecule has 0 amide bonds. The van der Waals surface area contributed by atoms with Crippen molar-refractivity contribution >= 4 is 11.5 Å². The molecule has 1 aromatic carbocycles. The predicted octanol–water partition coefficient (Wildman–Crippen LogP) is 4.18.